The second-order valence-electron chi connectivity index (χ2n) is 5.91. The smallest absolute Gasteiger partial charge is 0.229 e. The van der Waals surface area contributed by atoms with E-state index in [9.17, 15) is 13.2 Å². The molecule has 0 fully saturated rings. The number of carbonyl (C=O) groups excluding carboxylic acids is 1. The average molecular weight is 346 g/mol. The Morgan fingerprint density at radius 3 is 2.33 bits per heavy atom. The number of anilines is 1. The molecule has 0 unspecified atom stereocenters. The summed E-state index contributed by atoms with van der Waals surface area (Å²) >= 11 is 0. The Hall–Kier alpha value is -2.34. The summed E-state index contributed by atoms with van der Waals surface area (Å²) in [6, 6.07) is 14.5. The van der Waals surface area contributed by atoms with E-state index in [-0.39, 0.29) is 18.4 Å². The maximum atomic E-state index is 12.2. The van der Waals surface area contributed by atoms with Gasteiger partial charge in [0.05, 0.1) is 24.4 Å². The minimum absolute atomic E-state index is 0.111. The molecule has 2 rings (SSSR count). The molecule has 0 radical (unpaired) electrons. The number of nitrogens with one attached hydrogen (secondary N) is 2. The van der Waals surface area contributed by atoms with E-state index in [1.165, 1.54) is 0 Å². The van der Waals surface area contributed by atoms with Crippen molar-refractivity contribution in [1.82, 2.24) is 5.32 Å². The molecular weight excluding hydrogens is 324 g/mol. The van der Waals surface area contributed by atoms with Crippen LogP contribution in [0.1, 0.15) is 29.7 Å². The number of benzene rings is 2. The van der Waals surface area contributed by atoms with Gasteiger partial charge < -0.3 is 5.32 Å². The van der Waals surface area contributed by atoms with Crippen molar-refractivity contribution in [2.45, 2.75) is 26.3 Å². The standard InChI is InChI=1S/C18H22N2O3S/c1-13-8-10-15(11-9-13)12-18(21)19-14(2)16-6-4-5-7-17(16)20-24(3,22)23/h4-11,14,20H,12H2,1-3H3,(H,19,21)/t14-/m0/s1. The van der Waals surface area contributed by atoms with E-state index < -0.39 is 10.0 Å². The van der Waals surface area contributed by atoms with Gasteiger partial charge in [0.25, 0.3) is 0 Å². The molecule has 0 aromatic heterocycles. The summed E-state index contributed by atoms with van der Waals surface area (Å²) < 4.78 is 25.4. The second-order valence-corrected chi connectivity index (χ2v) is 7.66. The molecule has 2 aromatic rings. The topological polar surface area (TPSA) is 75.3 Å². The third-order valence-electron chi connectivity index (χ3n) is 3.59. The quantitative estimate of drug-likeness (QED) is 0.844. The molecule has 2 aromatic carbocycles. The Bertz CT molecular complexity index is 814. The molecule has 5 nitrogen and oxygen atoms in total. The highest BCUT2D eigenvalue weighted by molar-refractivity contribution is 7.92. The first-order valence-electron chi connectivity index (χ1n) is 7.66. The SMILES string of the molecule is Cc1ccc(CC(=O)N[C@@H](C)c2ccccc2NS(C)(=O)=O)cc1. The molecule has 1 amide bonds. The van der Waals surface area contributed by atoms with Crippen LogP contribution in [0.5, 0.6) is 0 Å². The summed E-state index contributed by atoms with van der Waals surface area (Å²) in [5, 5.41) is 2.91. The molecule has 0 spiro atoms. The van der Waals surface area contributed by atoms with Crippen molar-refractivity contribution in [1.29, 1.82) is 0 Å². The molecule has 0 saturated heterocycles. The zero-order valence-electron chi connectivity index (χ0n) is 14.0. The maximum Gasteiger partial charge on any atom is 0.229 e. The lowest BCUT2D eigenvalue weighted by atomic mass is 10.1. The number of aryl methyl sites for hydroxylation is 1. The van der Waals surface area contributed by atoms with Crippen LogP contribution in [0.15, 0.2) is 48.5 Å². The van der Waals surface area contributed by atoms with E-state index in [4.69, 9.17) is 0 Å². The van der Waals surface area contributed by atoms with Crippen molar-refractivity contribution in [3.8, 4) is 0 Å². The summed E-state index contributed by atoms with van der Waals surface area (Å²) in [6.07, 6.45) is 1.39. The van der Waals surface area contributed by atoms with E-state index in [1.54, 1.807) is 18.2 Å². The van der Waals surface area contributed by atoms with Crippen LogP contribution in [0.2, 0.25) is 0 Å². The van der Waals surface area contributed by atoms with Crippen molar-refractivity contribution < 1.29 is 13.2 Å². The van der Waals surface area contributed by atoms with Gasteiger partial charge in [-0.25, -0.2) is 8.42 Å². The van der Waals surface area contributed by atoms with Crippen molar-refractivity contribution in [3.05, 3.63) is 65.2 Å². The molecule has 0 heterocycles. The van der Waals surface area contributed by atoms with Gasteiger partial charge in [-0.2, -0.15) is 0 Å². The summed E-state index contributed by atoms with van der Waals surface area (Å²) in [4.78, 5) is 12.2. The van der Waals surface area contributed by atoms with Gasteiger partial charge in [-0.3, -0.25) is 9.52 Å². The largest absolute Gasteiger partial charge is 0.349 e. The lowest BCUT2D eigenvalue weighted by molar-refractivity contribution is -0.121. The molecule has 0 aliphatic heterocycles. The van der Waals surface area contributed by atoms with Crippen molar-refractivity contribution in [2.75, 3.05) is 11.0 Å². The van der Waals surface area contributed by atoms with Crippen molar-refractivity contribution in [2.24, 2.45) is 0 Å². The zero-order valence-corrected chi connectivity index (χ0v) is 14.9. The highest BCUT2D eigenvalue weighted by atomic mass is 32.2. The number of rotatable bonds is 6. The van der Waals surface area contributed by atoms with E-state index in [1.807, 2.05) is 44.2 Å². The van der Waals surface area contributed by atoms with Crippen LogP contribution in [0.25, 0.3) is 0 Å². The highest BCUT2D eigenvalue weighted by Gasteiger charge is 2.15. The Morgan fingerprint density at radius 2 is 1.71 bits per heavy atom. The Kier molecular flexibility index (Phi) is 5.62. The molecule has 24 heavy (non-hydrogen) atoms. The number of amides is 1. The third kappa shape index (κ3) is 5.38. The molecular formula is C18H22N2O3S. The average Bonchev–Trinajstić information content (AvgIpc) is 2.48. The molecule has 0 aliphatic carbocycles. The lowest BCUT2D eigenvalue weighted by Crippen LogP contribution is -2.28. The normalized spacial score (nSPS) is 12.5. The summed E-state index contributed by atoms with van der Waals surface area (Å²) in [5.41, 5.74) is 3.28. The minimum atomic E-state index is -3.38. The molecule has 6 heteroatoms. The molecule has 128 valence electrons. The van der Waals surface area contributed by atoms with E-state index in [2.05, 4.69) is 10.0 Å². The Labute approximate surface area is 143 Å². The monoisotopic (exact) mass is 346 g/mol. The second kappa shape index (κ2) is 7.49. The minimum Gasteiger partial charge on any atom is -0.349 e. The van der Waals surface area contributed by atoms with Gasteiger partial charge in [-0.05, 0) is 31.0 Å². The predicted molar refractivity (Wildman–Crippen MR) is 96.3 cm³/mol. The zero-order chi connectivity index (χ0) is 17.7. The van der Waals surface area contributed by atoms with Gasteiger partial charge in [-0.15, -0.1) is 0 Å². The first-order chi connectivity index (χ1) is 11.2. The van der Waals surface area contributed by atoms with E-state index >= 15 is 0 Å². The fourth-order valence-corrected chi connectivity index (χ4v) is 3.01. The van der Waals surface area contributed by atoms with Gasteiger partial charge in [0.15, 0.2) is 0 Å². The van der Waals surface area contributed by atoms with Gasteiger partial charge in [-0.1, -0.05) is 48.0 Å². The van der Waals surface area contributed by atoms with Crippen LogP contribution in [0.3, 0.4) is 0 Å². The van der Waals surface area contributed by atoms with Crippen LogP contribution in [0.4, 0.5) is 5.69 Å². The van der Waals surface area contributed by atoms with Gasteiger partial charge in [0.2, 0.25) is 15.9 Å². The number of sulfonamides is 1. The Balaban J connectivity index is 2.08. The fraction of sp³-hybridized carbons (Fsp3) is 0.278. The molecule has 0 bridgehead atoms. The molecule has 1 atom stereocenters. The number of carbonyl (C=O) groups is 1. The summed E-state index contributed by atoms with van der Waals surface area (Å²) in [7, 11) is -3.38. The van der Waals surface area contributed by atoms with Crippen molar-refractivity contribution >= 4 is 21.6 Å². The third-order valence-corrected chi connectivity index (χ3v) is 4.18. The van der Waals surface area contributed by atoms with Gasteiger partial charge in [0.1, 0.15) is 0 Å². The number of para-hydroxylation sites is 1. The molecule has 2 N–H and O–H groups in total. The van der Waals surface area contributed by atoms with E-state index in [0.29, 0.717) is 5.69 Å². The predicted octanol–water partition coefficient (Wildman–Crippen LogP) is 2.79. The highest BCUT2D eigenvalue weighted by Crippen LogP contribution is 2.23. The number of hydrogen-bond acceptors (Lipinski definition) is 3. The first-order valence-corrected chi connectivity index (χ1v) is 9.55. The van der Waals surface area contributed by atoms with Crippen LogP contribution >= 0.6 is 0 Å². The lowest BCUT2D eigenvalue weighted by Gasteiger charge is -2.18. The van der Waals surface area contributed by atoms with Gasteiger partial charge in [0, 0.05) is 0 Å². The molecule has 0 aliphatic rings. The van der Waals surface area contributed by atoms with Crippen molar-refractivity contribution in [3.63, 3.8) is 0 Å². The summed E-state index contributed by atoms with van der Waals surface area (Å²) in [6.45, 7) is 3.83. The van der Waals surface area contributed by atoms with Crippen LogP contribution in [-0.4, -0.2) is 20.6 Å². The maximum absolute atomic E-state index is 12.2. The molecule has 0 saturated carbocycles. The van der Waals surface area contributed by atoms with E-state index in [0.717, 1.165) is 22.9 Å². The van der Waals surface area contributed by atoms with Gasteiger partial charge >= 0.3 is 0 Å². The Morgan fingerprint density at radius 1 is 1.08 bits per heavy atom. The summed E-state index contributed by atoms with van der Waals surface area (Å²) in [5.74, 6) is -0.111. The van der Waals surface area contributed by atoms with Crippen LogP contribution in [-0.2, 0) is 21.2 Å². The van der Waals surface area contributed by atoms with Crippen LogP contribution < -0.4 is 10.0 Å². The number of hydrogen-bond donors (Lipinski definition) is 2. The first kappa shape index (κ1) is 18.0. The van der Waals surface area contributed by atoms with Crippen LogP contribution in [0, 0.1) is 6.92 Å². The fourth-order valence-electron chi connectivity index (χ4n) is 2.43.